The normalized spacial score (nSPS) is 19.8. The Morgan fingerprint density at radius 2 is 1.77 bits per heavy atom. The monoisotopic (exact) mass is 447 g/mol. The van der Waals surface area contributed by atoms with Crippen molar-refractivity contribution in [2.24, 2.45) is 0 Å². The molecular weight excluding hydrogens is 422 g/mol. The van der Waals surface area contributed by atoms with Crippen molar-refractivity contribution in [2.45, 2.75) is 57.8 Å². The van der Waals surface area contributed by atoms with Crippen LogP contribution in [-0.2, 0) is 4.43 Å². The number of rotatable bonds is 4. The molecule has 1 aromatic carbocycles. The molecule has 0 amide bonds. The average Bonchev–Trinajstić information content (AvgIpc) is 2.82. The van der Waals surface area contributed by atoms with Gasteiger partial charge in [-0.25, -0.2) is 0 Å². The average molecular weight is 449 g/mol. The van der Waals surface area contributed by atoms with Gasteiger partial charge in [0.2, 0.25) is 0 Å². The molecule has 0 saturated carbocycles. The zero-order valence-corrected chi connectivity index (χ0v) is 18.4. The van der Waals surface area contributed by atoms with Crippen LogP contribution in [0.15, 0.2) is 27.1 Å². The third-order valence-corrected chi connectivity index (χ3v) is 10.4. The van der Waals surface area contributed by atoms with Crippen molar-refractivity contribution in [1.29, 1.82) is 0 Å². The first-order valence-corrected chi connectivity index (χ1v) is 12.5. The maximum Gasteiger partial charge on any atom is 0.192 e. The van der Waals surface area contributed by atoms with Crippen molar-refractivity contribution < 1.29 is 4.43 Å². The smallest absolute Gasteiger partial charge is 0.192 e. The Labute approximate surface area is 153 Å². The molecule has 22 heavy (non-hydrogen) atoms. The van der Waals surface area contributed by atoms with Crippen molar-refractivity contribution in [3.63, 3.8) is 0 Å². The van der Waals surface area contributed by atoms with Gasteiger partial charge in [0, 0.05) is 21.2 Å². The van der Waals surface area contributed by atoms with E-state index in [-0.39, 0.29) is 5.04 Å². The molecule has 0 spiro atoms. The Morgan fingerprint density at radius 3 is 2.32 bits per heavy atom. The van der Waals surface area contributed by atoms with Crippen LogP contribution in [0.2, 0.25) is 18.1 Å². The minimum absolute atomic E-state index is 0.273. The van der Waals surface area contributed by atoms with E-state index in [4.69, 9.17) is 4.43 Å². The van der Waals surface area contributed by atoms with Gasteiger partial charge in [-0.15, -0.1) is 0 Å². The van der Waals surface area contributed by atoms with Crippen molar-refractivity contribution in [3.8, 4) is 0 Å². The van der Waals surface area contributed by atoms with Crippen LogP contribution in [0, 0.1) is 0 Å². The van der Waals surface area contributed by atoms with E-state index in [2.05, 4.69) is 88.8 Å². The summed E-state index contributed by atoms with van der Waals surface area (Å²) < 4.78 is 8.70. The number of nitrogens with zero attached hydrogens (tertiary/aromatic N) is 1. The minimum Gasteiger partial charge on any atom is -0.415 e. The summed E-state index contributed by atoms with van der Waals surface area (Å²) in [4.78, 5) is 2.50. The first-order chi connectivity index (χ1) is 10.1. The Bertz CT molecular complexity index is 508. The first kappa shape index (κ1) is 18.5. The first-order valence-electron chi connectivity index (χ1n) is 7.97. The van der Waals surface area contributed by atoms with Crippen molar-refractivity contribution in [3.05, 3.63) is 27.1 Å². The maximum atomic E-state index is 6.46. The highest BCUT2D eigenvalue weighted by molar-refractivity contribution is 9.11. The molecule has 0 aliphatic carbocycles. The van der Waals surface area contributed by atoms with Crippen LogP contribution in [-0.4, -0.2) is 27.5 Å². The summed E-state index contributed by atoms with van der Waals surface area (Å²) in [5, 5.41) is 0.273. The molecule has 1 atom stereocenters. The molecule has 1 fully saturated rings. The van der Waals surface area contributed by atoms with Crippen molar-refractivity contribution >= 4 is 45.9 Å². The molecule has 5 heteroatoms. The van der Waals surface area contributed by atoms with E-state index in [0.29, 0.717) is 6.04 Å². The second-order valence-corrected chi connectivity index (χ2v) is 14.3. The van der Waals surface area contributed by atoms with Crippen molar-refractivity contribution in [2.75, 3.05) is 18.1 Å². The number of anilines is 1. The van der Waals surface area contributed by atoms with Crippen LogP contribution in [0.5, 0.6) is 0 Å². The highest BCUT2D eigenvalue weighted by Crippen LogP contribution is 2.38. The van der Waals surface area contributed by atoms with Gasteiger partial charge >= 0.3 is 0 Å². The van der Waals surface area contributed by atoms with E-state index in [1.807, 2.05) is 0 Å². The Hall–Kier alpha value is 0.157. The molecule has 1 aromatic rings. The highest BCUT2D eigenvalue weighted by Gasteiger charge is 2.38. The second kappa shape index (κ2) is 6.95. The molecule has 2 rings (SSSR count). The predicted octanol–water partition coefficient (Wildman–Crippen LogP) is 6.20. The van der Waals surface area contributed by atoms with Gasteiger partial charge in [0.25, 0.3) is 0 Å². The van der Waals surface area contributed by atoms with Gasteiger partial charge in [-0.2, -0.15) is 0 Å². The van der Waals surface area contributed by atoms with Crippen LogP contribution >= 0.6 is 31.9 Å². The number of hydrogen-bond acceptors (Lipinski definition) is 2. The third kappa shape index (κ3) is 4.37. The molecule has 1 aliphatic heterocycles. The lowest BCUT2D eigenvalue weighted by Gasteiger charge is -2.38. The van der Waals surface area contributed by atoms with Gasteiger partial charge in [0.15, 0.2) is 8.32 Å². The minimum atomic E-state index is -1.67. The third-order valence-electron chi connectivity index (χ3n) is 5.00. The molecule has 0 N–H and O–H groups in total. The summed E-state index contributed by atoms with van der Waals surface area (Å²) in [5.74, 6) is 0. The van der Waals surface area contributed by atoms with Gasteiger partial charge < -0.3 is 9.33 Å². The lowest BCUT2D eigenvalue weighted by Crippen LogP contribution is -2.44. The van der Waals surface area contributed by atoms with E-state index >= 15 is 0 Å². The van der Waals surface area contributed by atoms with E-state index in [0.717, 1.165) is 22.1 Å². The second-order valence-electron chi connectivity index (χ2n) is 7.69. The van der Waals surface area contributed by atoms with Gasteiger partial charge in [-0.05, 0) is 49.2 Å². The molecule has 124 valence electrons. The maximum absolute atomic E-state index is 6.46. The SMILES string of the molecule is CC(C)(C)[Si](C)(C)OC[C@@H]1CCCN1c1cc(Br)cc(Br)c1. The standard InChI is InChI=1S/C17H27Br2NOSi/c1-17(2,3)22(4,5)21-12-15-7-6-8-20(15)16-10-13(18)9-14(19)11-16/h9-11,15H,6-8,12H2,1-5H3/t15-/m0/s1. The molecule has 0 aromatic heterocycles. The summed E-state index contributed by atoms with van der Waals surface area (Å²) in [5.41, 5.74) is 1.28. The zero-order chi connectivity index (χ0) is 16.5. The zero-order valence-electron chi connectivity index (χ0n) is 14.2. The quantitative estimate of drug-likeness (QED) is 0.508. The predicted molar refractivity (Wildman–Crippen MR) is 105 cm³/mol. The van der Waals surface area contributed by atoms with E-state index in [1.165, 1.54) is 18.5 Å². The fourth-order valence-electron chi connectivity index (χ4n) is 2.58. The van der Waals surface area contributed by atoms with E-state index in [1.54, 1.807) is 0 Å². The summed E-state index contributed by atoms with van der Waals surface area (Å²) >= 11 is 7.19. The Kier molecular flexibility index (Phi) is 5.85. The van der Waals surface area contributed by atoms with Gasteiger partial charge in [0.05, 0.1) is 12.6 Å². The largest absolute Gasteiger partial charge is 0.415 e. The van der Waals surface area contributed by atoms with Gasteiger partial charge in [-0.1, -0.05) is 52.6 Å². The Balaban J connectivity index is 2.08. The lowest BCUT2D eigenvalue weighted by atomic mass is 10.2. The summed E-state index contributed by atoms with van der Waals surface area (Å²) in [6.07, 6.45) is 2.47. The summed E-state index contributed by atoms with van der Waals surface area (Å²) in [7, 11) is -1.67. The molecule has 0 radical (unpaired) electrons. The van der Waals surface area contributed by atoms with Crippen LogP contribution < -0.4 is 4.90 Å². The van der Waals surface area contributed by atoms with Crippen LogP contribution in [0.1, 0.15) is 33.6 Å². The number of hydrogen-bond donors (Lipinski definition) is 0. The topological polar surface area (TPSA) is 12.5 Å². The number of halogens is 2. The molecular formula is C17H27Br2NOSi. The molecule has 1 aliphatic rings. The molecule has 2 nitrogen and oxygen atoms in total. The van der Waals surface area contributed by atoms with Crippen LogP contribution in [0.4, 0.5) is 5.69 Å². The fourth-order valence-corrected chi connectivity index (χ4v) is 4.89. The lowest BCUT2D eigenvalue weighted by molar-refractivity contribution is 0.263. The van der Waals surface area contributed by atoms with Crippen LogP contribution in [0.3, 0.4) is 0 Å². The molecule has 1 heterocycles. The van der Waals surface area contributed by atoms with E-state index in [9.17, 15) is 0 Å². The van der Waals surface area contributed by atoms with E-state index < -0.39 is 8.32 Å². The van der Waals surface area contributed by atoms with Crippen molar-refractivity contribution in [1.82, 2.24) is 0 Å². The molecule has 1 saturated heterocycles. The van der Waals surface area contributed by atoms with Gasteiger partial charge in [-0.3, -0.25) is 0 Å². The molecule has 0 bridgehead atoms. The summed E-state index contributed by atoms with van der Waals surface area (Å²) in [6.45, 7) is 13.5. The highest BCUT2D eigenvalue weighted by atomic mass is 79.9. The summed E-state index contributed by atoms with van der Waals surface area (Å²) in [6, 6.07) is 6.99. The molecule has 0 unspecified atom stereocenters. The van der Waals surface area contributed by atoms with Gasteiger partial charge in [0.1, 0.15) is 0 Å². The Morgan fingerprint density at radius 1 is 1.18 bits per heavy atom. The fraction of sp³-hybridized carbons (Fsp3) is 0.647. The number of benzene rings is 1. The van der Waals surface area contributed by atoms with Crippen LogP contribution in [0.25, 0.3) is 0 Å².